The molecule has 2 aromatic heterocycles. The maximum Gasteiger partial charge on any atom is 0.410 e. The molecule has 7 rings (SSSR count). The molecule has 380 valence electrons. The summed E-state index contributed by atoms with van der Waals surface area (Å²) in [5.74, 6) is 3.30. The fourth-order valence-electron chi connectivity index (χ4n) is 7.57. The Balaban J connectivity index is 0.000000445. The first-order valence-corrected chi connectivity index (χ1v) is 22.5. The first kappa shape index (κ1) is 60.0. The number of carbonyl (C=O) groups is 3. The molecule has 5 aliphatic rings. The number of ether oxygens (including phenoxy) is 3. The lowest BCUT2D eigenvalue weighted by Gasteiger charge is -2.33. The summed E-state index contributed by atoms with van der Waals surface area (Å²) in [6.07, 6.45) is 6.67. The van der Waals surface area contributed by atoms with Gasteiger partial charge in [0.05, 0.1) is 11.8 Å². The minimum atomic E-state index is -0.443. The van der Waals surface area contributed by atoms with Gasteiger partial charge in [0.2, 0.25) is 0 Å². The number of amides is 3. The maximum atomic E-state index is 11.9. The molecule has 0 bridgehead atoms. The molecular formula is C44H81ClN16O6. The molecule has 0 aromatic carbocycles. The number of rotatable bonds is 3. The summed E-state index contributed by atoms with van der Waals surface area (Å²) in [7, 11) is 3.74. The molecule has 0 atom stereocenters. The number of carbonyl (C=O) groups excluding carboxylic acids is 3. The maximum absolute atomic E-state index is 11.9. The van der Waals surface area contributed by atoms with Crippen LogP contribution in [0.3, 0.4) is 0 Å². The van der Waals surface area contributed by atoms with E-state index < -0.39 is 16.8 Å². The van der Waals surface area contributed by atoms with Crippen molar-refractivity contribution in [1.29, 1.82) is 5.26 Å². The van der Waals surface area contributed by atoms with E-state index >= 15 is 0 Å². The lowest BCUT2D eigenvalue weighted by atomic mass is 9.92. The van der Waals surface area contributed by atoms with E-state index in [0.29, 0.717) is 50.5 Å². The fraction of sp³-hybridized carbons (Fsp3) is 0.841. The second kappa shape index (κ2) is 27.7. The number of nitriles is 1. The highest BCUT2D eigenvalue weighted by Gasteiger charge is 2.31. The van der Waals surface area contributed by atoms with Crippen LogP contribution in [0.4, 0.5) is 14.4 Å². The molecule has 0 unspecified atom stereocenters. The van der Waals surface area contributed by atoms with Crippen LogP contribution < -0.4 is 5.32 Å². The van der Waals surface area contributed by atoms with Crippen molar-refractivity contribution >= 4 is 36.4 Å². The zero-order valence-corrected chi connectivity index (χ0v) is 41.2. The quantitative estimate of drug-likeness (QED) is 0.296. The zero-order chi connectivity index (χ0) is 47.1. The first-order chi connectivity index (χ1) is 30.1. The molecule has 4 fully saturated rings. The second-order valence-corrected chi connectivity index (χ2v) is 19.7. The number of nitrogens with zero attached hydrogens (tertiary/aromatic N) is 15. The Morgan fingerprint density at radius 2 is 0.955 bits per heavy atom. The SMILES string of the molecule is C.C.CC(C)(C)OC(=O)N1CCC(C#N)CC1.CC(C)(C)OC(=O)N1CCC(C2=NN=NC2)CC1.Cl.Cn1nnnc1C1CCN(C(=O)OC(C)(C)C)CC1.Cn1nnnc1C1CCNCC1. The number of hydrogen-bond donors (Lipinski definition) is 1. The van der Waals surface area contributed by atoms with Crippen LogP contribution in [0.1, 0.15) is 152 Å². The summed E-state index contributed by atoms with van der Waals surface area (Å²) in [6.45, 7) is 23.7. The Hall–Kier alpha value is -5.04. The van der Waals surface area contributed by atoms with Crippen molar-refractivity contribution in [2.45, 2.75) is 157 Å². The molecule has 1 N–H and O–H groups in total. The smallest absolute Gasteiger partial charge is 0.410 e. The third kappa shape index (κ3) is 20.8. The summed E-state index contributed by atoms with van der Waals surface area (Å²) in [4.78, 5) is 40.6. The van der Waals surface area contributed by atoms with Gasteiger partial charge in [-0.3, -0.25) is 0 Å². The van der Waals surface area contributed by atoms with Gasteiger partial charge in [0.1, 0.15) is 23.3 Å². The zero-order valence-electron chi connectivity index (χ0n) is 40.4. The summed E-state index contributed by atoms with van der Waals surface area (Å²) >= 11 is 0. The number of aryl methyl sites for hydroxylation is 2. The van der Waals surface area contributed by atoms with E-state index in [0.717, 1.165) is 94.9 Å². The van der Waals surface area contributed by atoms with Gasteiger partial charge >= 0.3 is 18.3 Å². The van der Waals surface area contributed by atoms with Crippen molar-refractivity contribution in [3.8, 4) is 6.07 Å². The molecule has 0 aliphatic carbocycles. The molecular weight excluding hydrogens is 884 g/mol. The lowest BCUT2D eigenvalue weighted by molar-refractivity contribution is 0.0189. The third-order valence-corrected chi connectivity index (χ3v) is 10.9. The minimum Gasteiger partial charge on any atom is -0.444 e. The van der Waals surface area contributed by atoms with Crippen molar-refractivity contribution < 1.29 is 28.6 Å². The van der Waals surface area contributed by atoms with Crippen LogP contribution in [0.5, 0.6) is 0 Å². The van der Waals surface area contributed by atoms with Gasteiger partial charge in [-0.05, 0) is 153 Å². The number of halogens is 1. The predicted octanol–water partition coefficient (Wildman–Crippen LogP) is 7.31. The van der Waals surface area contributed by atoms with Gasteiger partial charge in [0.15, 0.2) is 11.6 Å². The molecule has 0 radical (unpaired) electrons. The molecule has 23 heteroatoms. The topological polar surface area (TPSA) is 249 Å². The molecule has 5 aliphatic heterocycles. The van der Waals surface area contributed by atoms with Crippen LogP contribution in [0, 0.1) is 23.2 Å². The summed E-state index contributed by atoms with van der Waals surface area (Å²) in [6, 6.07) is 2.23. The van der Waals surface area contributed by atoms with Crippen molar-refractivity contribution in [3.63, 3.8) is 0 Å². The molecule has 0 spiro atoms. The van der Waals surface area contributed by atoms with E-state index in [1.807, 2.05) is 76.4 Å². The van der Waals surface area contributed by atoms with Gasteiger partial charge < -0.3 is 34.2 Å². The molecule has 2 aromatic rings. The number of piperidine rings is 4. The van der Waals surface area contributed by atoms with Crippen molar-refractivity contribution in [1.82, 2.24) is 60.4 Å². The van der Waals surface area contributed by atoms with Crippen molar-refractivity contribution in [2.75, 3.05) is 58.9 Å². The number of nitrogens with one attached hydrogen (secondary N) is 1. The molecule has 3 amide bonds. The average molecular weight is 966 g/mol. The van der Waals surface area contributed by atoms with Gasteiger partial charge in [0, 0.05) is 77.0 Å². The van der Waals surface area contributed by atoms with E-state index in [-0.39, 0.29) is 51.5 Å². The molecule has 22 nitrogen and oxygen atoms in total. The molecule has 0 saturated carbocycles. The summed E-state index contributed by atoms with van der Waals surface area (Å²) in [5.41, 5.74) is -0.259. The van der Waals surface area contributed by atoms with Crippen LogP contribution in [0.15, 0.2) is 15.4 Å². The van der Waals surface area contributed by atoms with Gasteiger partial charge in [-0.15, -0.1) is 27.7 Å². The molecule has 7 heterocycles. The van der Waals surface area contributed by atoms with E-state index in [1.54, 1.807) is 24.1 Å². The Morgan fingerprint density at radius 3 is 1.27 bits per heavy atom. The fourth-order valence-corrected chi connectivity index (χ4v) is 7.57. The van der Waals surface area contributed by atoms with Gasteiger partial charge in [0.25, 0.3) is 0 Å². The average Bonchev–Trinajstić information content (AvgIpc) is 4.04. The Labute approximate surface area is 404 Å². The number of aromatic nitrogens is 8. The van der Waals surface area contributed by atoms with Crippen LogP contribution >= 0.6 is 12.4 Å². The highest BCUT2D eigenvalue weighted by atomic mass is 35.5. The van der Waals surface area contributed by atoms with Crippen LogP contribution in [0.2, 0.25) is 0 Å². The van der Waals surface area contributed by atoms with Crippen molar-refractivity contribution in [3.05, 3.63) is 11.6 Å². The minimum absolute atomic E-state index is 0. The Morgan fingerprint density at radius 1 is 0.597 bits per heavy atom. The van der Waals surface area contributed by atoms with E-state index in [1.165, 1.54) is 0 Å². The summed E-state index contributed by atoms with van der Waals surface area (Å²) in [5, 5.41) is 46.6. The number of hydrogen-bond acceptors (Lipinski definition) is 17. The van der Waals surface area contributed by atoms with E-state index in [4.69, 9.17) is 19.5 Å². The first-order valence-electron chi connectivity index (χ1n) is 22.5. The number of tetrazole rings is 2. The highest BCUT2D eigenvalue weighted by Crippen LogP contribution is 2.27. The largest absolute Gasteiger partial charge is 0.444 e. The Bertz CT molecular complexity index is 1880. The molecule has 4 saturated heterocycles. The molecule has 67 heavy (non-hydrogen) atoms. The highest BCUT2D eigenvalue weighted by molar-refractivity contribution is 5.89. The van der Waals surface area contributed by atoms with Gasteiger partial charge in [-0.25, -0.2) is 23.7 Å². The standard InChI is InChI=1S/C12H21N5O2.C12H20N4O2.C11H18N2O2.C7H13N5.2CH4.ClH/c1-12(2,3)19-11(18)17-7-5-9(6-8-17)10-13-14-15-16(10)4;1-12(2,3)18-11(17)16-6-4-9(5-7-16)10-8-13-15-14-10;1-11(2,3)15-10(14)13-6-4-9(8-12)5-7-13;1-12-7(9-10-11-12)6-2-4-8-5-3-6;;;/h9H,5-8H2,1-4H3;9H,4-8H2,1-3H3;9H,4-7H2,1-3H3;6,8H,2-5H2,1H3;2*1H4;1H. The van der Waals surface area contributed by atoms with Crippen molar-refractivity contribution in [2.24, 2.45) is 41.4 Å². The van der Waals surface area contributed by atoms with Crippen LogP contribution in [-0.2, 0) is 28.3 Å². The van der Waals surface area contributed by atoms with Crippen LogP contribution in [-0.4, -0.2) is 155 Å². The summed E-state index contributed by atoms with van der Waals surface area (Å²) < 4.78 is 19.5. The lowest BCUT2D eigenvalue weighted by Crippen LogP contribution is -2.43. The van der Waals surface area contributed by atoms with E-state index in [2.05, 4.69) is 57.9 Å². The number of likely N-dealkylation sites (tertiary alicyclic amines) is 3. The predicted molar refractivity (Wildman–Crippen MR) is 257 cm³/mol. The van der Waals surface area contributed by atoms with Crippen LogP contribution in [0.25, 0.3) is 0 Å². The van der Waals surface area contributed by atoms with E-state index in [9.17, 15) is 14.4 Å². The normalized spacial score (nSPS) is 18.3. The Kier molecular flexibility index (Phi) is 24.8. The monoisotopic (exact) mass is 965 g/mol. The third-order valence-electron chi connectivity index (χ3n) is 10.9. The second-order valence-electron chi connectivity index (χ2n) is 19.7. The van der Waals surface area contributed by atoms with Gasteiger partial charge in [-0.1, -0.05) is 14.9 Å². The van der Waals surface area contributed by atoms with Gasteiger partial charge in [-0.2, -0.15) is 10.4 Å².